The molecule has 9 heteroatoms. The smallest absolute Gasteiger partial charge is 0.262 e. The zero-order valence-corrected chi connectivity index (χ0v) is 13.8. The lowest BCUT2D eigenvalue weighted by Crippen LogP contribution is -2.24. The highest BCUT2D eigenvalue weighted by atomic mass is 79.9. The molecule has 0 fully saturated rings. The minimum absolute atomic E-state index is 0.0821. The first kappa shape index (κ1) is 15.8. The zero-order chi connectivity index (χ0) is 17.6. The molecule has 1 aliphatic heterocycles. The van der Waals surface area contributed by atoms with Gasteiger partial charge in [-0.2, -0.15) is 5.26 Å². The summed E-state index contributed by atoms with van der Waals surface area (Å²) in [6, 6.07) is 5.89. The van der Waals surface area contributed by atoms with E-state index >= 15 is 0 Å². The molecule has 0 atom stereocenters. The number of halogens is 1. The number of imide groups is 1. The van der Waals surface area contributed by atoms with Crippen molar-refractivity contribution in [1.82, 2.24) is 9.88 Å². The Morgan fingerprint density at radius 1 is 1.25 bits per heavy atom. The van der Waals surface area contributed by atoms with E-state index in [0.29, 0.717) is 10.2 Å². The number of pyridine rings is 1. The summed E-state index contributed by atoms with van der Waals surface area (Å²) in [7, 11) is 1.43. The van der Waals surface area contributed by atoms with Gasteiger partial charge in [0.15, 0.2) is 0 Å². The summed E-state index contributed by atoms with van der Waals surface area (Å²) < 4.78 is 6.70. The molecule has 8 nitrogen and oxygen atoms in total. The number of ether oxygens (including phenoxy) is 1. The molecular weight excluding hydrogens is 380 g/mol. The van der Waals surface area contributed by atoms with E-state index in [1.54, 1.807) is 0 Å². The Morgan fingerprint density at radius 3 is 2.58 bits per heavy atom. The molecule has 1 aliphatic rings. The number of carbonyl (C=O) groups excluding carboxylic acids is 2. The quantitative estimate of drug-likeness (QED) is 0.737. The molecule has 0 bridgehead atoms. The summed E-state index contributed by atoms with van der Waals surface area (Å²) >= 11 is 3.26. The first-order chi connectivity index (χ1) is 11.4. The van der Waals surface area contributed by atoms with E-state index in [-0.39, 0.29) is 28.2 Å². The molecule has 24 heavy (non-hydrogen) atoms. The monoisotopic (exact) mass is 388 g/mol. The summed E-state index contributed by atoms with van der Waals surface area (Å²) in [5.74, 6) is -1.22. The highest BCUT2D eigenvalue weighted by molar-refractivity contribution is 9.10. The normalized spacial score (nSPS) is 12.5. The van der Waals surface area contributed by atoms with Gasteiger partial charge in [0.2, 0.25) is 0 Å². The molecule has 0 saturated carbocycles. The maximum atomic E-state index is 12.4. The van der Waals surface area contributed by atoms with Crippen molar-refractivity contribution in [2.45, 2.75) is 0 Å². The number of rotatable bonds is 2. The number of aromatic nitrogens is 1. The van der Waals surface area contributed by atoms with Crippen LogP contribution in [-0.2, 0) is 0 Å². The SMILES string of the molecule is COc1cc(-n2c(N)c3c(cc2=O)C(=O)NC3=O)c(C#N)cc1Br. The average Bonchev–Trinajstić information content (AvgIpc) is 2.82. The van der Waals surface area contributed by atoms with Crippen molar-refractivity contribution in [3.8, 4) is 17.5 Å². The van der Waals surface area contributed by atoms with Crippen molar-refractivity contribution in [3.63, 3.8) is 0 Å². The molecule has 0 radical (unpaired) electrons. The Balaban J connectivity index is 2.39. The largest absolute Gasteiger partial charge is 0.495 e. The number of benzene rings is 1. The number of anilines is 1. The molecule has 3 N–H and O–H groups in total. The minimum atomic E-state index is -0.691. The Bertz CT molecular complexity index is 1020. The van der Waals surface area contributed by atoms with Gasteiger partial charge in [-0.3, -0.25) is 24.3 Å². The number of hydrogen-bond acceptors (Lipinski definition) is 6. The Hall–Kier alpha value is -3.12. The zero-order valence-electron chi connectivity index (χ0n) is 12.2. The van der Waals surface area contributed by atoms with Crippen LogP contribution in [0.5, 0.6) is 5.75 Å². The van der Waals surface area contributed by atoms with E-state index in [1.165, 1.54) is 19.2 Å². The van der Waals surface area contributed by atoms with E-state index < -0.39 is 17.4 Å². The molecule has 0 spiro atoms. The highest BCUT2D eigenvalue weighted by Crippen LogP contribution is 2.32. The van der Waals surface area contributed by atoms with Crippen molar-refractivity contribution < 1.29 is 14.3 Å². The Morgan fingerprint density at radius 2 is 1.96 bits per heavy atom. The third-order valence-corrected chi connectivity index (χ3v) is 4.20. The van der Waals surface area contributed by atoms with E-state index in [0.717, 1.165) is 10.6 Å². The van der Waals surface area contributed by atoms with Crippen LogP contribution in [0.4, 0.5) is 5.82 Å². The third kappa shape index (κ3) is 2.16. The van der Waals surface area contributed by atoms with E-state index in [2.05, 4.69) is 21.2 Å². The third-order valence-electron chi connectivity index (χ3n) is 3.58. The van der Waals surface area contributed by atoms with Crippen molar-refractivity contribution >= 4 is 33.6 Å². The van der Waals surface area contributed by atoms with Crippen LogP contribution in [0.25, 0.3) is 5.69 Å². The molecule has 0 aliphatic carbocycles. The number of nitrogens with two attached hydrogens (primary N) is 1. The predicted molar refractivity (Wildman–Crippen MR) is 87.2 cm³/mol. The number of nitrogens with one attached hydrogen (secondary N) is 1. The number of nitrogens with zero attached hydrogens (tertiary/aromatic N) is 2. The van der Waals surface area contributed by atoms with Crippen LogP contribution in [0.2, 0.25) is 0 Å². The fourth-order valence-electron chi connectivity index (χ4n) is 2.50. The lowest BCUT2D eigenvalue weighted by Gasteiger charge is -2.15. The first-order valence-electron chi connectivity index (χ1n) is 6.58. The average molecular weight is 389 g/mol. The summed E-state index contributed by atoms with van der Waals surface area (Å²) in [4.78, 5) is 36.0. The van der Waals surface area contributed by atoms with Gasteiger partial charge >= 0.3 is 0 Å². The van der Waals surface area contributed by atoms with Crippen LogP contribution in [0.3, 0.4) is 0 Å². The van der Waals surface area contributed by atoms with E-state index in [4.69, 9.17) is 10.5 Å². The topological polar surface area (TPSA) is 127 Å². The van der Waals surface area contributed by atoms with Gasteiger partial charge in [0.1, 0.15) is 17.6 Å². The molecule has 1 aromatic carbocycles. The maximum absolute atomic E-state index is 12.4. The maximum Gasteiger partial charge on any atom is 0.262 e. The van der Waals surface area contributed by atoms with Gasteiger partial charge in [-0.1, -0.05) is 0 Å². The Kier molecular flexibility index (Phi) is 3.62. The van der Waals surface area contributed by atoms with Gasteiger partial charge in [0.25, 0.3) is 17.4 Å². The Labute approximate surface area is 143 Å². The van der Waals surface area contributed by atoms with Crippen molar-refractivity contribution in [2.24, 2.45) is 0 Å². The van der Waals surface area contributed by atoms with Crippen LogP contribution < -0.4 is 21.3 Å². The lowest BCUT2D eigenvalue weighted by atomic mass is 10.1. The highest BCUT2D eigenvalue weighted by Gasteiger charge is 2.32. The molecular formula is C15H9BrN4O4. The van der Waals surface area contributed by atoms with Crippen LogP contribution in [-0.4, -0.2) is 23.5 Å². The van der Waals surface area contributed by atoms with Gasteiger partial charge in [0, 0.05) is 12.1 Å². The molecule has 0 unspecified atom stereocenters. The molecule has 2 heterocycles. The molecule has 0 saturated heterocycles. The fourth-order valence-corrected chi connectivity index (χ4v) is 3.01. The lowest BCUT2D eigenvalue weighted by molar-refractivity contribution is 0.0880. The van der Waals surface area contributed by atoms with E-state index in [9.17, 15) is 19.6 Å². The molecule has 3 rings (SSSR count). The van der Waals surface area contributed by atoms with Gasteiger partial charge in [-0.25, -0.2) is 0 Å². The van der Waals surface area contributed by atoms with Crippen molar-refractivity contribution in [3.05, 3.63) is 49.7 Å². The van der Waals surface area contributed by atoms with Gasteiger partial charge in [-0.05, 0) is 22.0 Å². The number of fused-ring (bicyclic) bond motifs is 1. The van der Waals surface area contributed by atoms with Gasteiger partial charge in [0.05, 0.1) is 34.0 Å². The first-order valence-corrected chi connectivity index (χ1v) is 7.37. The van der Waals surface area contributed by atoms with Crippen molar-refractivity contribution in [1.29, 1.82) is 5.26 Å². The van der Waals surface area contributed by atoms with Crippen LogP contribution in [0, 0.1) is 11.3 Å². The summed E-state index contributed by atoms with van der Waals surface area (Å²) in [6.45, 7) is 0. The summed E-state index contributed by atoms with van der Waals surface area (Å²) in [6.07, 6.45) is 0. The fraction of sp³-hybridized carbons (Fsp3) is 0.0667. The van der Waals surface area contributed by atoms with Crippen LogP contribution >= 0.6 is 15.9 Å². The number of nitriles is 1. The second kappa shape index (κ2) is 5.50. The predicted octanol–water partition coefficient (Wildman–Crippen LogP) is 0.946. The van der Waals surface area contributed by atoms with Crippen LogP contribution in [0.15, 0.2) is 27.5 Å². The van der Waals surface area contributed by atoms with Gasteiger partial charge < -0.3 is 10.5 Å². The summed E-state index contributed by atoms with van der Waals surface area (Å²) in [5, 5.41) is 11.4. The molecule has 2 aromatic rings. The second-order valence-electron chi connectivity index (χ2n) is 4.89. The number of hydrogen-bond donors (Lipinski definition) is 2. The van der Waals surface area contributed by atoms with Gasteiger partial charge in [-0.15, -0.1) is 0 Å². The standard InChI is InChI=1S/C15H9BrN4O4/c1-24-10-4-9(6(5-17)2-8(10)16)20-11(21)3-7-12(13(20)18)15(23)19-14(7)22/h2-4H,18H2,1H3,(H,19,22,23). The number of carbonyl (C=O) groups is 2. The number of nitrogen functional groups attached to an aromatic ring is 1. The molecule has 2 amide bonds. The van der Waals surface area contributed by atoms with Crippen LogP contribution in [0.1, 0.15) is 26.3 Å². The number of amides is 2. The minimum Gasteiger partial charge on any atom is -0.495 e. The molecule has 120 valence electrons. The van der Waals surface area contributed by atoms with E-state index in [1.807, 2.05) is 6.07 Å². The molecule has 1 aromatic heterocycles. The summed E-state index contributed by atoms with van der Waals surface area (Å²) in [5.41, 5.74) is 5.43. The second-order valence-corrected chi connectivity index (χ2v) is 5.75. The number of methoxy groups -OCH3 is 1. The van der Waals surface area contributed by atoms with Crippen molar-refractivity contribution in [2.75, 3.05) is 12.8 Å².